The smallest absolute Gasteiger partial charge is 0.272 e. The van der Waals surface area contributed by atoms with Gasteiger partial charge in [-0.25, -0.2) is 4.98 Å². The van der Waals surface area contributed by atoms with Gasteiger partial charge in [0.1, 0.15) is 5.69 Å². The number of nitrogens with one attached hydrogen (secondary N) is 1. The molecule has 0 radical (unpaired) electrons. The normalized spacial score (nSPS) is 10.5. The van der Waals surface area contributed by atoms with E-state index < -0.39 is 0 Å². The first kappa shape index (κ1) is 14.8. The first-order valence-corrected chi connectivity index (χ1v) is 7.11. The molecule has 0 fully saturated rings. The van der Waals surface area contributed by atoms with Crippen molar-refractivity contribution in [2.45, 2.75) is 6.92 Å². The molecule has 116 valence electrons. The van der Waals surface area contributed by atoms with Gasteiger partial charge in [-0.1, -0.05) is 0 Å². The maximum Gasteiger partial charge on any atom is 0.272 e. The highest BCUT2D eigenvalue weighted by Crippen LogP contribution is 2.15. The van der Waals surface area contributed by atoms with Gasteiger partial charge in [0.25, 0.3) is 5.91 Å². The van der Waals surface area contributed by atoms with Crippen LogP contribution in [0.4, 0.5) is 5.69 Å². The summed E-state index contributed by atoms with van der Waals surface area (Å²) in [6.07, 6.45) is 6.92. The van der Waals surface area contributed by atoms with E-state index >= 15 is 0 Å². The molecule has 3 aromatic rings. The van der Waals surface area contributed by atoms with Crippen LogP contribution in [0, 0.1) is 0 Å². The number of carbonyl (C=O) groups excluding carboxylic acids is 2. The number of carbonyl (C=O) groups is 2. The minimum absolute atomic E-state index is 0.0654. The van der Waals surface area contributed by atoms with Gasteiger partial charge in [0.05, 0.1) is 6.33 Å². The lowest BCUT2D eigenvalue weighted by atomic mass is 10.2. The monoisotopic (exact) mass is 308 g/mol. The molecular weight excluding hydrogens is 292 g/mol. The topological polar surface area (TPSA) is 68.9 Å². The molecule has 1 aromatic carbocycles. The van der Waals surface area contributed by atoms with Gasteiger partial charge in [0.15, 0.2) is 5.78 Å². The molecule has 0 saturated heterocycles. The fraction of sp³-hybridized carbons (Fsp3) is 0.118. The van der Waals surface area contributed by atoms with E-state index in [-0.39, 0.29) is 11.7 Å². The van der Waals surface area contributed by atoms with E-state index in [4.69, 9.17) is 0 Å². The Balaban J connectivity index is 1.76. The second-order valence-electron chi connectivity index (χ2n) is 5.25. The molecular formula is C17H16N4O2. The lowest BCUT2D eigenvalue weighted by Gasteiger charge is -2.07. The third-order valence-electron chi connectivity index (χ3n) is 3.57. The van der Waals surface area contributed by atoms with Crippen molar-refractivity contribution in [1.82, 2.24) is 14.1 Å². The number of hydrogen-bond acceptors (Lipinski definition) is 3. The van der Waals surface area contributed by atoms with Crippen LogP contribution in [-0.4, -0.2) is 25.8 Å². The summed E-state index contributed by atoms with van der Waals surface area (Å²) in [5.41, 5.74) is 2.60. The van der Waals surface area contributed by atoms with Crippen LogP contribution in [-0.2, 0) is 7.05 Å². The summed E-state index contributed by atoms with van der Waals surface area (Å²) in [7, 11) is 1.74. The molecule has 0 aliphatic heterocycles. The number of hydrogen-bond donors (Lipinski definition) is 1. The van der Waals surface area contributed by atoms with E-state index in [9.17, 15) is 9.59 Å². The second kappa shape index (κ2) is 5.92. The maximum atomic E-state index is 12.3. The van der Waals surface area contributed by atoms with Gasteiger partial charge >= 0.3 is 0 Å². The highest BCUT2D eigenvalue weighted by molar-refractivity contribution is 6.05. The summed E-state index contributed by atoms with van der Waals surface area (Å²) in [6, 6.07) is 9.02. The minimum atomic E-state index is -0.254. The number of amides is 1. The Labute approximate surface area is 133 Å². The van der Waals surface area contributed by atoms with Crippen LogP contribution in [0.1, 0.15) is 27.8 Å². The Bertz CT molecular complexity index is 845. The largest absolute Gasteiger partial charge is 0.346 e. The number of benzene rings is 1. The van der Waals surface area contributed by atoms with Gasteiger partial charge in [-0.3, -0.25) is 9.59 Å². The van der Waals surface area contributed by atoms with Crippen LogP contribution in [0.15, 0.2) is 55.2 Å². The van der Waals surface area contributed by atoms with E-state index in [1.54, 1.807) is 36.4 Å². The molecule has 1 N–H and O–H groups in total. The van der Waals surface area contributed by atoms with Gasteiger partial charge in [0.2, 0.25) is 0 Å². The van der Waals surface area contributed by atoms with Gasteiger partial charge in [-0.15, -0.1) is 0 Å². The molecule has 6 heteroatoms. The van der Waals surface area contributed by atoms with Crippen LogP contribution in [0.3, 0.4) is 0 Å². The van der Waals surface area contributed by atoms with Crippen molar-refractivity contribution in [3.05, 3.63) is 66.5 Å². The van der Waals surface area contributed by atoms with Gasteiger partial charge < -0.3 is 14.5 Å². The standard InChI is InChI=1S/C17H16N4O2/c1-12(22)13-9-16(20(2)10-13)17(23)19-14-3-5-15(6-4-14)21-8-7-18-11-21/h3-11H,1-2H3,(H,19,23). The number of ketones is 1. The quantitative estimate of drug-likeness (QED) is 0.753. The Morgan fingerprint density at radius 2 is 1.91 bits per heavy atom. The van der Waals surface area contributed by atoms with Gasteiger partial charge in [-0.05, 0) is 37.3 Å². The first-order chi connectivity index (χ1) is 11.0. The average molecular weight is 308 g/mol. The lowest BCUT2D eigenvalue weighted by Crippen LogP contribution is -2.15. The predicted molar refractivity (Wildman–Crippen MR) is 86.9 cm³/mol. The fourth-order valence-electron chi connectivity index (χ4n) is 2.31. The third-order valence-corrected chi connectivity index (χ3v) is 3.57. The Kier molecular flexibility index (Phi) is 3.80. The van der Waals surface area contributed by atoms with Crippen LogP contribution < -0.4 is 5.32 Å². The Morgan fingerprint density at radius 1 is 1.17 bits per heavy atom. The molecule has 0 saturated carbocycles. The van der Waals surface area contributed by atoms with E-state index in [0.29, 0.717) is 16.9 Å². The molecule has 23 heavy (non-hydrogen) atoms. The van der Waals surface area contributed by atoms with Crippen LogP contribution >= 0.6 is 0 Å². The van der Waals surface area contributed by atoms with E-state index in [0.717, 1.165) is 5.69 Å². The summed E-state index contributed by atoms with van der Waals surface area (Å²) in [5, 5.41) is 2.83. The lowest BCUT2D eigenvalue weighted by molar-refractivity contribution is 0.101. The third kappa shape index (κ3) is 3.06. The number of rotatable bonds is 4. The molecule has 3 rings (SSSR count). The summed E-state index contributed by atoms with van der Waals surface area (Å²) < 4.78 is 3.52. The number of aryl methyl sites for hydroxylation is 1. The van der Waals surface area contributed by atoms with Crippen LogP contribution in [0.5, 0.6) is 0 Å². The van der Waals surface area contributed by atoms with Crippen molar-refractivity contribution in [2.75, 3.05) is 5.32 Å². The van der Waals surface area contributed by atoms with Crippen LogP contribution in [0.2, 0.25) is 0 Å². The van der Waals surface area contributed by atoms with Gasteiger partial charge in [-0.2, -0.15) is 0 Å². The number of anilines is 1. The van der Waals surface area contributed by atoms with Crippen molar-refractivity contribution < 1.29 is 9.59 Å². The maximum absolute atomic E-state index is 12.3. The zero-order chi connectivity index (χ0) is 16.4. The Morgan fingerprint density at radius 3 is 2.48 bits per heavy atom. The highest BCUT2D eigenvalue weighted by Gasteiger charge is 2.14. The summed E-state index contributed by atoms with van der Waals surface area (Å²) in [5.74, 6) is -0.320. The molecule has 0 atom stereocenters. The van der Waals surface area contributed by atoms with Crippen molar-refractivity contribution in [3.63, 3.8) is 0 Å². The van der Waals surface area contributed by atoms with E-state index in [2.05, 4.69) is 10.3 Å². The molecule has 0 aliphatic rings. The van der Waals surface area contributed by atoms with E-state index in [1.807, 2.05) is 35.0 Å². The molecule has 6 nitrogen and oxygen atoms in total. The molecule has 0 bridgehead atoms. The molecule has 1 amide bonds. The van der Waals surface area contributed by atoms with Crippen LogP contribution in [0.25, 0.3) is 5.69 Å². The second-order valence-corrected chi connectivity index (χ2v) is 5.25. The SMILES string of the molecule is CC(=O)c1cc(C(=O)Nc2ccc(-n3ccnc3)cc2)n(C)c1. The zero-order valence-corrected chi connectivity index (χ0v) is 12.9. The summed E-state index contributed by atoms with van der Waals surface area (Å²) in [4.78, 5) is 27.7. The molecule has 2 heterocycles. The molecule has 0 aliphatic carbocycles. The fourth-order valence-corrected chi connectivity index (χ4v) is 2.31. The summed E-state index contributed by atoms with van der Waals surface area (Å²) >= 11 is 0. The first-order valence-electron chi connectivity index (χ1n) is 7.11. The molecule has 2 aromatic heterocycles. The number of aromatic nitrogens is 3. The van der Waals surface area contributed by atoms with Crippen molar-refractivity contribution in [1.29, 1.82) is 0 Å². The number of nitrogens with zero attached hydrogens (tertiary/aromatic N) is 3. The predicted octanol–water partition coefficient (Wildman–Crippen LogP) is 2.67. The average Bonchev–Trinajstić information content (AvgIpc) is 3.17. The van der Waals surface area contributed by atoms with Gasteiger partial charge in [0, 0.05) is 42.6 Å². The summed E-state index contributed by atoms with van der Waals surface area (Å²) in [6.45, 7) is 1.48. The van der Waals surface area contributed by atoms with Crippen molar-refractivity contribution in [2.24, 2.45) is 7.05 Å². The number of Topliss-reactive ketones (excluding diaryl/α,β-unsaturated/α-hetero) is 1. The zero-order valence-electron chi connectivity index (χ0n) is 12.9. The Hall–Kier alpha value is -3.15. The van der Waals surface area contributed by atoms with Crippen molar-refractivity contribution in [3.8, 4) is 5.69 Å². The molecule has 0 unspecified atom stereocenters. The minimum Gasteiger partial charge on any atom is -0.346 e. The number of imidazole rings is 1. The van der Waals surface area contributed by atoms with Crippen molar-refractivity contribution >= 4 is 17.4 Å². The van der Waals surface area contributed by atoms with E-state index in [1.165, 1.54) is 6.92 Å². The molecule has 0 spiro atoms. The highest BCUT2D eigenvalue weighted by atomic mass is 16.2.